The number of aromatic hydroxyl groups is 1. The number of hydrogen-bond donors (Lipinski definition) is 1. The molecule has 0 aliphatic heterocycles. The Morgan fingerprint density at radius 1 is 1.25 bits per heavy atom. The van der Waals surface area contributed by atoms with Crippen LogP contribution in [0.2, 0.25) is 0 Å². The van der Waals surface area contributed by atoms with Gasteiger partial charge in [0.05, 0.1) is 0 Å². The highest BCUT2D eigenvalue weighted by Gasteiger charge is 2.27. The van der Waals surface area contributed by atoms with Crippen molar-refractivity contribution in [3.8, 4) is 11.5 Å². The summed E-state index contributed by atoms with van der Waals surface area (Å²) >= 11 is 0. The van der Waals surface area contributed by atoms with Crippen molar-refractivity contribution in [3.05, 3.63) is 23.8 Å². The Kier molecular flexibility index (Phi) is 4.00. The Balaban J connectivity index is 2.37. The van der Waals surface area contributed by atoms with Crippen LogP contribution in [0.5, 0.6) is 11.5 Å². The van der Waals surface area contributed by atoms with E-state index >= 15 is 0 Å². The van der Waals surface area contributed by atoms with Gasteiger partial charge >= 0.3 is 6.18 Å². The summed E-state index contributed by atoms with van der Waals surface area (Å²) in [5, 5.41) is 9.18. The Bertz CT molecular complexity index is 329. The second kappa shape index (κ2) is 5.07. The molecule has 3 nitrogen and oxygen atoms in total. The SMILES string of the molecule is Cc1cc(O)cc(OCOCC(F)(F)F)c1. The summed E-state index contributed by atoms with van der Waals surface area (Å²) in [5.74, 6) is 0.255. The Morgan fingerprint density at radius 2 is 1.94 bits per heavy atom. The highest BCUT2D eigenvalue weighted by molar-refractivity contribution is 5.36. The molecule has 0 saturated heterocycles. The van der Waals surface area contributed by atoms with Crippen LogP contribution < -0.4 is 4.74 Å². The third-order valence-corrected chi connectivity index (χ3v) is 1.61. The molecule has 0 spiro atoms. The minimum atomic E-state index is -4.36. The summed E-state index contributed by atoms with van der Waals surface area (Å²) in [7, 11) is 0. The number of aryl methyl sites for hydroxylation is 1. The monoisotopic (exact) mass is 236 g/mol. The summed E-state index contributed by atoms with van der Waals surface area (Å²) in [4.78, 5) is 0. The van der Waals surface area contributed by atoms with Gasteiger partial charge in [-0.1, -0.05) is 0 Å². The zero-order chi connectivity index (χ0) is 12.2. The molecule has 0 radical (unpaired) electrons. The van der Waals surface area contributed by atoms with Crippen LogP contribution >= 0.6 is 0 Å². The molecule has 16 heavy (non-hydrogen) atoms. The van der Waals surface area contributed by atoms with Crippen molar-refractivity contribution >= 4 is 0 Å². The average Bonchev–Trinajstić information content (AvgIpc) is 2.09. The molecule has 90 valence electrons. The molecule has 6 heteroatoms. The number of benzene rings is 1. The molecule has 1 aromatic rings. The van der Waals surface area contributed by atoms with Gasteiger partial charge in [0.2, 0.25) is 0 Å². The third kappa shape index (κ3) is 4.88. The van der Waals surface area contributed by atoms with Gasteiger partial charge in [0.1, 0.15) is 18.1 Å². The molecule has 0 unspecified atom stereocenters. The Hall–Kier alpha value is -1.43. The molecule has 0 atom stereocenters. The number of hydrogen-bond acceptors (Lipinski definition) is 3. The summed E-state index contributed by atoms with van der Waals surface area (Å²) in [6.07, 6.45) is -4.36. The maximum absolute atomic E-state index is 11.7. The van der Waals surface area contributed by atoms with E-state index in [-0.39, 0.29) is 11.5 Å². The number of alkyl halides is 3. The van der Waals surface area contributed by atoms with Gasteiger partial charge < -0.3 is 14.6 Å². The lowest BCUT2D eigenvalue weighted by Crippen LogP contribution is -2.19. The van der Waals surface area contributed by atoms with Crippen molar-refractivity contribution in [3.63, 3.8) is 0 Å². The van der Waals surface area contributed by atoms with Crippen LogP contribution in [0.15, 0.2) is 18.2 Å². The van der Waals surface area contributed by atoms with Crippen LogP contribution in [0.3, 0.4) is 0 Å². The molecule has 1 N–H and O–H groups in total. The Morgan fingerprint density at radius 3 is 2.50 bits per heavy atom. The lowest BCUT2D eigenvalue weighted by atomic mass is 10.2. The minimum Gasteiger partial charge on any atom is -0.508 e. The number of rotatable bonds is 4. The van der Waals surface area contributed by atoms with Gasteiger partial charge in [-0.3, -0.25) is 0 Å². The third-order valence-electron chi connectivity index (χ3n) is 1.61. The van der Waals surface area contributed by atoms with Gasteiger partial charge in [-0.15, -0.1) is 0 Å². The van der Waals surface area contributed by atoms with Crippen molar-refractivity contribution in [2.75, 3.05) is 13.4 Å². The van der Waals surface area contributed by atoms with E-state index in [1.165, 1.54) is 12.1 Å². The van der Waals surface area contributed by atoms with Crippen LogP contribution in [-0.2, 0) is 4.74 Å². The molecule has 0 aliphatic rings. The molecule has 0 fully saturated rings. The number of phenols is 1. The maximum atomic E-state index is 11.7. The van der Waals surface area contributed by atoms with Crippen LogP contribution in [0.1, 0.15) is 5.56 Å². The number of halogens is 3. The fourth-order valence-electron chi connectivity index (χ4n) is 1.08. The lowest BCUT2D eigenvalue weighted by Gasteiger charge is -2.09. The molecular weight excluding hydrogens is 225 g/mol. The average molecular weight is 236 g/mol. The summed E-state index contributed by atoms with van der Waals surface area (Å²) < 4.78 is 44.2. The van der Waals surface area contributed by atoms with Gasteiger partial charge in [-0.25, -0.2) is 0 Å². The van der Waals surface area contributed by atoms with E-state index in [9.17, 15) is 18.3 Å². The first kappa shape index (κ1) is 12.6. The number of ether oxygens (including phenoxy) is 2. The van der Waals surface area contributed by atoms with Crippen molar-refractivity contribution in [1.82, 2.24) is 0 Å². The van der Waals surface area contributed by atoms with Crippen molar-refractivity contribution < 1.29 is 27.8 Å². The van der Waals surface area contributed by atoms with Crippen LogP contribution in [0.25, 0.3) is 0 Å². The smallest absolute Gasteiger partial charge is 0.411 e. The quantitative estimate of drug-likeness (QED) is 0.645. The Labute approximate surface area is 90.4 Å². The predicted octanol–water partition coefficient (Wildman–Crippen LogP) is 2.62. The van der Waals surface area contributed by atoms with Gasteiger partial charge in [-0.2, -0.15) is 13.2 Å². The normalized spacial score (nSPS) is 11.5. The van der Waals surface area contributed by atoms with Gasteiger partial charge in [0.25, 0.3) is 0 Å². The van der Waals surface area contributed by atoms with E-state index in [2.05, 4.69) is 4.74 Å². The second-order valence-corrected chi connectivity index (χ2v) is 3.23. The molecular formula is C10H11F3O3. The first-order chi connectivity index (χ1) is 7.37. The first-order valence-electron chi connectivity index (χ1n) is 4.45. The molecule has 1 rings (SSSR count). The molecule has 0 bridgehead atoms. The highest BCUT2D eigenvalue weighted by Crippen LogP contribution is 2.21. The van der Waals surface area contributed by atoms with Gasteiger partial charge in [-0.05, 0) is 24.6 Å². The van der Waals surface area contributed by atoms with Crippen molar-refractivity contribution in [2.24, 2.45) is 0 Å². The minimum absolute atomic E-state index is 0.00850. The predicted molar refractivity (Wildman–Crippen MR) is 50.3 cm³/mol. The van der Waals surface area contributed by atoms with E-state index in [4.69, 9.17) is 4.74 Å². The van der Waals surface area contributed by atoms with Gasteiger partial charge in [0.15, 0.2) is 6.79 Å². The first-order valence-corrected chi connectivity index (χ1v) is 4.45. The lowest BCUT2D eigenvalue weighted by molar-refractivity contribution is -0.186. The molecule has 0 saturated carbocycles. The zero-order valence-electron chi connectivity index (χ0n) is 8.54. The molecule has 0 amide bonds. The fourth-order valence-corrected chi connectivity index (χ4v) is 1.08. The standard InChI is InChI=1S/C10H11F3O3/c1-7-2-8(14)4-9(3-7)16-6-15-5-10(11,12)13/h2-4,14H,5-6H2,1H3. The largest absolute Gasteiger partial charge is 0.508 e. The zero-order valence-corrected chi connectivity index (χ0v) is 8.54. The second-order valence-electron chi connectivity index (χ2n) is 3.23. The molecule has 1 aromatic carbocycles. The summed E-state index contributed by atoms with van der Waals surface area (Å²) in [6, 6.07) is 4.38. The van der Waals surface area contributed by atoms with E-state index in [0.29, 0.717) is 0 Å². The van der Waals surface area contributed by atoms with Crippen LogP contribution in [0.4, 0.5) is 13.2 Å². The summed E-state index contributed by atoms with van der Waals surface area (Å²) in [6.45, 7) is -0.143. The summed E-state index contributed by atoms with van der Waals surface area (Å²) in [5.41, 5.74) is 0.742. The fraction of sp³-hybridized carbons (Fsp3) is 0.400. The van der Waals surface area contributed by atoms with Crippen LogP contribution in [-0.4, -0.2) is 24.7 Å². The number of phenolic OH excluding ortho intramolecular Hbond substituents is 1. The maximum Gasteiger partial charge on any atom is 0.411 e. The van der Waals surface area contributed by atoms with Crippen molar-refractivity contribution in [1.29, 1.82) is 0 Å². The van der Waals surface area contributed by atoms with E-state index < -0.39 is 19.6 Å². The van der Waals surface area contributed by atoms with Crippen LogP contribution in [0, 0.1) is 6.92 Å². The molecule has 0 heterocycles. The topological polar surface area (TPSA) is 38.7 Å². The van der Waals surface area contributed by atoms with E-state index in [1.54, 1.807) is 13.0 Å². The van der Waals surface area contributed by atoms with Gasteiger partial charge in [0, 0.05) is 6.07 Å². The van der Waals surface area contributed by atoms with E-state index in [0.717, 1.165) is 5.56 Å². The highest BCUT2D eigenvalue weighted by atomic mass is 19.4. The van der Waals surface area contributed by atoms with Crippen molar-refractivity contribution in [2.45, 2.75) is 13.1 Å². The molecule has 0 aliphatic carbocycles. The molecule has 0 aromatic heterocycles. The van der Waals surface area contributed by atoms with E-state index in [1.807, 2.05) is 0 Å².